The monoisotopic (exact) mass is 167 g/mol. The lowest BCUT2D eigenvalue weighted by Crippen LogP contribution is -2.19. The van der Waals surface area contributed by atoms with Gasteiger partial charge in [-0.3, -0.25) is 16.1 Å². The van der Waals surface area contributed by atoms with Gasteiger partial charge in [0.25, 0.3) is 0 Å². The summed E-state index contributed by atoms with van der Waals surface area (Å²) in [5, 5.41) is 19.6. The van der Waals surface area contributed by atoms with Gasteiger partial charge in [0.1, 0.15) is 6.26 Å². The lowest BCUT2D eigenvalue weighted by molar-refractivity contribution is 0.234. The zero-order valence-corrected chi connectivity index (χ0v) is 6.37. The number of amidine groups is 1. The molecule has 12 heavy (non-hydrogen) atoms. The number of rotatable bonds is 2. The van der Waals surface area contributed by atoms with Crippen LogP contribution in [0.3, 0.4) is 0 Å². The molecule has 5 nitrogen and oxygen atoms in total. The summed E-state index contributed by atoms with van der Waals surface area (Å²) in [6.07, 6.45) is 3.57. The molecular formula is C7H9N3O2. The predicted octanol–water partition coefficient (Wildman–Crippen LogP) is 0.856. The highest BCUT2D eigenvalue weighted by Crippen LogP contribution is 2.40. The average molecular weight is 167 g/mol. The van der Waals surface area contributed by atoms with E-state index in [9.17, 15) is 0 Å². The maximum atomic E-state index is 8.49. The van der Waals surface area contributed by atoms with E-state index in [4.69, 9.17) is 15.1 Å². The van der Waals surface area contributed by atoms with Crippen molar-refractivity contribution in [1.82, 2.24) is 10.6 Å². The Balaban J connectivity index is 2.29. The van der Waals surface area contributed by atoms with Gasteiger partial charge in [-0.25, -0.2) is 0 Å². The van der Waals surface area contributed by atoms with E-state index in [-0.39, 0.29) is 5.84 Å². The quantitative estimate of drug-likeness (QED) is 0.346. The summed E-state index contributed by atoms with van der Waals surface area (Å²) in [6.45, 7) is 0. The minimum atomic E-state index is -0.0573. The van der Waals surface area contributed by atoms with E-state index >= 15 is 0 Å². The molecule has 3 N–H and O–H groups in total. The smallest absolute Gasteiger partial charge is 0.154 e. The third-order valence-corrected chi connectivity index (χ3v) is 1.94. The first-order valence-corrected chi connectivity index (χ1v) is 3.76. The lowest BCUT2D eigenvalue weighted by Gasteiger charge is -1.98. The van der Waals surface area contributed by atoms with Gasteiger partial charge >= 0.3 is 0 Å². The number of hydroxylamine groups is 1. The minimum absolute atomic E-state index is 0.0573. The molecule has 2 rings (SSSR count). The third-order valence-electron chi connectivity index (χ3n) is 1.94. The number of nitrogens with zero attached hydrogens (tertiary/aromatic N) is 1. The molecule has 1 aliphatic carbocycles. The molecule has 1 saturated carbocycles. The molecule has 0 saturated heterocycles. The minimum Gasteiger partial charge on any atom is -0.364 e. The van der Waals surface area contributed by atoms with Crippen LogP contribution in [-0.4, -0.2) is 16.2 Å². The van der Waals surface area contributed by atoms with Gasteiger partial charge in [-0.05, 0) is 12.8 Å². The first kappa shape index (κ1) is 7.30. The maximum Gasteiger partial charge on any atom is 0.154 e. The van der Waals surface area contributed by atoms with Crippen molar-refractivity contribution in [1.29, 1.82) is 5.41 Å². The van der Waals surface area contributed by atoms with E-state index in [0.717, 1.165) is 18.5 Å². The van der Waals surface area contributed by atoms with Gasteiger partial charge in [0.15, 0.2) is 5.84 Å². The van der Waals surface area contributed by atoms with Gasteiger partial charge in [0, 0.05) is 5.92 Å². The number of hydrogen-bond donors (Lipinski definition) is 3. The van der Waals surface area contributed by atoms with E-state index in [0.29, 0.717) is 11.5 Å². The van der Waals surface area contributed by atoms with Gasteiger partial charge < -0.3 is 4.52 Å². The topological polar surface area (TPSA) is 82.1 Å². The molecule has 0 aromatic carbocycles. The molecule has 0 bridgehead atoms. The Morgan fingerprint density at radius 1 is 1.75 bits per heavy atom. The fourth-order valence-electron chi connectivity index (χ4n) is 1.14. The lowest BCUT2D eigenvalue weighted by atomic mass is 10.2. The van der Waals surface area contributed by atoms with Gasteiger partial charge in [-0.1, -0.05) is 5.16 Å². The molecule has 1 aromatic rings. The number of hydrogen-bond acceptors (Lipinski definition) is 4. The molecule has 0 radical (unpaired) electrons. The van der Waals surface area contributed by atoms with Crippen molar-refractivity contribution in [3.8, 4) is 0 Å². The zero-order valence-electron chi connectivity index (χ0n) is 6.37. The van der Waals surface area contributed by atoms with E-state index in [1.807, 2.05) is 0 Å². The molecule has 0 unspecified atom stereocenters. The predicted molar refractivity (Wildman–Crippen MR) is 40.2 cm³/mol. The molecule has 1 heterocycles. The van der Waals surface area contributed by atoms with Crippen molar-refractivity contribution in [2.75, 3.05) is 0 Å². The third kappa shape index (κ3) is 1.08. The zero-order chi connectivity index (χ0) is 8.55. The maximum absolute atomic E-state index is 8.49. The van der Waals surface area contributed by atoms with Crippen molar-refractivity contribution in [3.63, 3.8) is 0 Å². The molecule has 1 aliphatic rings. The van der Waals surface area contributed by atoms with Crippen LogP contribution in [0.4, 0.5) is 0 Å². The fraction of sp³-hybridized carbons (Fsp3) is 0.429. The Labute approximate surface area is 68.8 Å². The SMILES string of the molecule is N=C(NO)c1conc1C1CC1. The van der Waals surface area contributed by atoms with Crippen LogP contribution >= 0.6 is 0 Å². The second kappa shape index (κ2) is 2.60. The molecule has 0 amide bonds. The summed E-state index contributed by atoms with van der Waals surface area (Å²) in [4.78, 5) is 0. The van der Waals surface area contributed by atoms with Crippen LogP contribution < -0.4 is 5.48 Å². The second-order valence-electron chi connectivity index (χ2n) is 2.87. The van der Waals surface area contributed by atoms with Crippen LogP contribution in [-0.2, 0) is 0 Å². The summed E-state index contributed by atoms with van der Waals surface area (Å²) >= 11 is 0. The van der Waals surface area contributed by atoms with Crippen LogP contribution in [0.5, 0.6) is 0 Å². The normalized spacial score (nSPS) is 16.1. The van der Waals surface area contributed by atoms with Crippen molar-refractivity contribution >= 4 is 5.84 Å². The first-order chi connectivity index (χ1) is 5.83. The van der Waals surface area contributed by atoms with Gasteiger partial charge in [0.2, 0.25) is 0 Å². The summed E-state index contributed by atoms with van der Waals surface area (Å²) in [6, 6.07) is 0. The van der Waals surface area contributed by atoms with Crippen LogP contribution in [0.15, 0.2) is 10.8 Å². The molecule has 0 atom stereocenters. The Morgan fingerprint density at radius 3 is 3.08 bits per heavy atom. The Bertz CT molecular complexity index is 303. The summed E-state index contributed by atoms with van der Waals surface area (Å²) in [7, 11) is 0. The van der Waals surface area contributed by atoms with Crippen LogP contribution in [0.25, 0.3) is 0 Å². The second-order valence-corrected chi connectivity index (χ2v) is 2.87. The van der Waals surface area contributed by atoms with Crippen molar-refractivity contribution in [2.24, 2.45) is 0 Å². The van der Waals surface area contributed by atoms with Crippen molar-refractivity contribution < 1.29 is 9.73 Å². The molecule has 5 heteroatoms. The van der Waals surface area contributed by atoms with Crippen molar-refractivity contribution in [2.45, 2.75) is 18.8 Å². The molecule has 1 aromatic heterocycles. The Hall–Kier alpha value is -1.36. The van der Waals surface area contributed by atoms with Gasteiger partial charge in [-0.2, -0.15) is 0 Å². The van der Waals surface area contributed by atoms with E-state index in [1.54, 1.807) is 5.48 Å². The molecule has 0 aliphatic heterocycles. The van der Waals surface area contributed by atoms with Crippen LogP contribution in [0.2, 0.25) is 0 Å². The fourth-order valence-corrected chi connectivity index (χ4v) is 1.14. The molecule has 0 spiro atoms. The highest BCUT2D eigenvalue weighted by atomic mass is 16.5. The number of nitrogens with one attached hydrogen (secondary N) is 2. The molecular weight excluding hydrogens is 158 g/mol. The van der Waals surface area contributed by atoms with Gasteiger partial charge in [-0.15, -0.1) is 0 Å². The highest BCUT2D eigenvalue weighted by molar-refractivity contribution is 5.96. The number of aromatic nitrogens is 1. The average Bonchev–Trinajstić information content (AvgIpc) is 2.83. The van der Waals surface area contributed by atoms with Crippen LogP contribution in [0.1, 0.15) is 30.0 Å². The van der Waals surface area contributed by atoms with E-state index in [1.165, 1.54) is 6.26 Å². The van der Waals surface area contributed by atoms with E-state index < -0.39 is 0 Å². The standard InChI is InChI=1S/C7H9N3O2/c8-7(9-11)5-3-12-10-6(5)4-1-2-4/h3-4,11H,1-2H2,(H2,8,9). The molecule has 1 fully saturated rings. The summed E-state index contributed by atoms with van der Waals surface area (Å²) in [5.41, 5.74) is 3.11. The van der Waals surface area contributed by atoms with E-state index in [2.05, 4.69) is 5.16 Å². The largest absolute Gasteiger partial charge is 0.364 e. The summed E-state index contributed by atoms with van der Waals surface area (Å²) in [5.74, 6) is 0.366. The Kier molecular flexibility index (Phi) is 1.58. The summed E-state index contributed by atoms with van der Waals surface area (Å²) < 4.78 is 4.73. The Morgan fingerprint density at radius 2 is 2.50 bits per heavy atom. The highest BCUT2D eigenvalue weighted by Gasteiger charge is 2.30. The molecule has 64 valence electrons. The van der Waals surface area contributed by atoms with Crippen molar-refractivity contribution in [3.05, 3.63) is 17.5 Å². The first-order valence-electron chi connectivity index (χ1n) is 3.76. The van der Waals surface area contributed by atoms with Gasteiger partial charge in [0.05, 0.1) is 11.3 Å². The van der Waals surface area contributed by atoms with Crippen LogP contribution in [0, 0.1) is 5.41 Å².